The molecule has 3 aromatic rings. The number of nitrogens with zero attached hydrogens (tertiary/aromatic N) is 2. The van der Waals surface area contributed by atoms with Crippen LogP contribution in [0.25, 0.3) is 16.3 Å². The molecule has 0 aliphatic rings. The first-order chi connectivity index (χ1) is 12.7. The molecule has 26 heavy (non-hydrogen) atoms. The van der Waals surface area contributed by atoms with Crippen LogP contribution < -0.4 is 9.54 Å². The molecule has 0 bridgehead atoms. The number of thiazole rings is 1. The summed E-state index contributed by atoms with van der Waals surface area (Å²) in [7, 11) is 1.66. The molecule has 136 valence electrons. The number of fused-ring (bicyclic) bond motifs is 1. The fourth-order valence-electron chi connectivity index (χ4n) is 2.47. The van der Waals surface area contributed by atoms with Gasteiger partial charge in [0.2, 0.25) is 0 Å². The number of benzene rings is 1. The summed E-state index contributed by atoms with van der Waals surface area (Å²) in [5, 5.41) is 1.97. The molecule has 2 aromatic heterocycles. The molecule has 3 rings (SSSR count). The fraction of sp³-hybridized carbons (Fsp3) is 0.263. The van der Waals surface area contributed by atoms with Gasteiger partial charge in [0.15, 0.2) is 4.80 Å². The summed E-state index contributed by atoms with van der Waals surface area (Å²) in [6.45, 7) is 3.75. The third kappa shape index (κ3) is 4.49. The molecule has 0 unspecified atom stereocenters. The minimum atomic E-state index is -0.277. The van der Waals surface area contributed by atoms with Crippen molar-refractivity contribution in [3.63, 3.8) is 0 Å². The minimum Gasteiger partial charge on any atom is -0.494 e. The fourth-order valence-corrected chi connectivity index (χ4v) is 4.17. The normalized spacial score (nSPS) is 12.3. The van der Waals surface area contributed by atoms with E-state index in [2.05, 4.69) is 4.99 Å². The number of hydrogen-bond donors (Lipinski definition) is 0. The average Bonchev–Trinajstić information content (AvgIpc) is 3.26. The lowest BCUT2D eigenvalue weighted by atomic mass is 10.3. The zero-order chi connectivity index (χ0) is 18.4. The van der Waals surface area contributed by atoms with E-state index < -0.39 is 0 Å². The molecule has 0 fully saturated rings. The average molecular weight is 389 g/mol. The Hall–Kier alpha value is -2.22. The van der Waals surface area contributed by atoms with Crippen molar-refractivity contribution < 1.29 is 14.3 Å². The molecular formula is C19H20N2O3S2. The molecule has 1 amide bonds. The first-order valence-electron chi connectivity index (χ1n) is 8.26. The molecule has 5 nitrogen and oxygen atoms in total. The number of ether oxygens (including phenoxy) is 2. The van der Waals surface area contributed by atoms with Gasteiger partial charge in [0.05, 0.1) is 23.4 Å². The van der Waals surface area contributed by atoms with Gasteiger partial charge in [-0.1, -0.05) is 17.4 Å². The Balaban J connectivity index is 1.97. The van der Waals surface area contributed by atoms with E-state index in [0.717, 1.165) is 20.8 Å². The van der Waals surface area contributed by atoms with Crippen LogP contribution in [0.4, 0.5) is 0 Å². The van der Waals surface area contributed by atoms with Crippen molar-refractivity contribution in [3.8, 4) is 5.75 Å². The van der Waals surface area contributed by atoms with E-state index in [0.29, 0.717) is 24.6 Å². The molecule has 0 radical (unpaired) electrons. The van der Waals surface area contributed by atoms with Crippen molar-refractivity contribution in [2.24, 2.45) is 4.99 Å². The van der Waals surface area contributed by atoms with E-state index in [1.807, 2.05) is 47.2 Å². The Kier molecular flexibility index (Phi) is 6.38. The Morgan fingerprint density at radius 2 is 2.23 bits per heavy atom. The van der Waals surface area contributed by atoms with Crippen LogP contribution in [0.3, 0.4) is 0 Å². The maximum Gasteiger partial charge on any atom is 0.272 e. The number of aromatic nitrogens is 1. The van der Waals surface area contributed by atoms with E-state index in [-0.39, 0.29) is 5.91 Å². The van der Waals surface area contributed by atoms with Crippen LogP contribution >= 0.6 is 22.7 Å². The SMILES string of the molecule is CCOc1ccc2c(c1)sc(=NC(=O)/C=C/c1cccs1)n2CCOC. The van der Waals surface area contributed by atoms with Gasteiger partial charge in [0, 0.05) is 24.6 Å². The number of carbonyl (C=O) groups is 1. The largest absolute Gasteiger partial charge is 0.494 e. The van der Waals surface area contributed by atoms with Gasteiger partial charge < -0.3 is 14.0 Å². The molecule has 0 saturated heterocycles. The summed E-state index contributed by atoms with van der Waals surface area (Å²) in [5.41, 5.74) is 1.02. The molecule has 0 saturated carbocycles. The van der Waals surface area contributed by atoms with Crippen LogP contribution in [0.15, 0.2) is 46.8 Å². The maximum absolute atomic E-state index is 12.3. The first-order valence-corrected chi connectivity index (χ1v) is 9.96. The molecule has 0 aliphatic heterocycles. The summed E-state index contributed by atoms with van der Waals surface area (Å²) in [4.78, 5) is 18.2. The van der Waals surface area contributed by atoms with Crippen LogP contribution in [0.2, 0.25) is 0 Å². The highest BCUT2D eigenvalue weighted by molar-refractivity contribution is 7.16. The number of carbonyl (C=O) groups excluding carboxylic acids is 1. The monoisotopic (exact) mass is 388 g/mol. The Bertz CT molecular complexity index is 968. The topological polar surface area (TPSA) is 52.8 Å². The van der Waals surface area contributed by atoms with Gasteiger partial charge in [-0.15, -0.1) is 11.3 Å². The van der Waals surface area contributed by atoms with E-state index in [4.69, 9.17) is 9.47 Å². The van der Waals surface area contributed by atoms with Crippen LogP contribution in [0.5, 0.6) is 5.75 Å². The number of amides is 1. The lowest BCUT2D eigenvalue weighted by Crippen LogP contribution is -2.18. The summed E-state index contributed by atoms with van der Waals surface area (Å²) >= 11 is 3.06. The van der Waals surface area contributed by atoms with Crippen LogP contribution in [-0.2, 0) is 16.1 Å². The zero-order valence-corrected chi connectivity index (χ0v) is 16.3. The summed E-state index contributed by atoms with van der Waals surface area (Å²) in [6, 6.07) is 9.83. The van der Waals surface area contributed by atoms with Crippen LogP contribution in [-0.4, -0.2) is 30.8 Å². The van der Waals surface area contributed by atoms with Crippen molar-refractivity contribution in [2.75, 3.05) is 20.3 Å². The van der Waals surface area contributed by atoms with Gasteiger partial charge in [-0.25, -0.2) is 0 Å². The molecule has 0 atom stereocenters. The van der Waals surface area contributed by atoms with Gasteiger partial charge >= 0.3 is 0 Å². The molecule has 0 aliphatic carbocycles. The minimum absolute atomic E-state index is 0.277. The molecular weight excluding hydrogens is 368 g/mol. The van der Waals surface area contributed by atoms with Gasteiger partial charge in [0.25, 0.3) is 5.91 Å². The standard InChI is InChI=1S/C19H20N2O3S2/c1-3-24-14-6-8-16-17(13-14)26-19(21(16)10-11-23-2)20-18(22)9-7-15-5-4-12-25-15/h4-9,12-13H,3,10-11H2,1-2H3/b9-7+,20-19?. The van der Waals surface area contributed by atoms with Gasteiger partial charge in [0.1, 0.15) is 5.75 Å². The van der Waals surface area contributed by atoms with Gasteiger partial charge in [-0.05, 0) is 42.6 Å². The van der Waals surface area contributed by atoms with Crippen molar-refractivity contribution >= 4 is 44.9 Å². The third-order valence-electron chi connectivity index (χ3n) is 3.62. The second-order valence-corrected chi connectivity index (χ2v) is 7.38. The van der Waals surface area contributed by atoms with Crippen molar-refractivity contribution in [2.45, 2.75) is 13.5 Å². The second-order valence-electron chi connectivity index (χ2n) is 5.39. The number of thiophene rings is 1. The van der Waals surface area contributed by atoms with Crippen LogP contribution in [0.1, 0.15) is 11.8 Å². The highest BCUT2D eigenvalue weighted by atomic mass is 32.1. The Morgan fingerprint density at radius 3 is 2.96 bits per heavy atom. The van der Waals surface area contributed by atoms with Crippen molar-refractivity contribution in [3.05, 3.63) is 51.5 Å². The van der Waals surface area contributed by atoms with Gasteiger partial charge in [-0.3, -0.25) is 4.79 Å². The van der Waals surface area contributed by atoms with Crippen LogP contribution in [0, 0.1) is 0 Å². The van der Waals surface area contributed by atoms with E-state index in [9.17, 15) is 4.79 Å². The molecule has 0 N–H and O–H groups in total. The number of rotatable bonds is 7. The lowest BCUT2D eigenvalue weighted by Gasteiger charge is -2.05. The summed E-state index contributed by atoms with van der Waals surface area (Å²) in [6.07, 6.45) is 3.29. The first kappa shape index (κ1) is 18.6. The smallest absolute Gasteiger partial charge is 0.272 e. The highest BCUT2D eigenvalue weighted by Crippen LogP contribution is 2.23. The van der Waals surface area contributed by atoms with Gasteiger partial charge in [-0.2, -0.15) is 4.99 Å². The van der Waals surface area contributed by atoms with E-state index in [1.54, 1.807) is 24.5 Å². The third-order valence-corrected chi connectivity index (χ3v) is 5.50. The Labute approximate surface area is 159 Å². The molecule has 0 spiro atoms. The molecule has 2 heterocycles. The quantitative estimate of drug-likeness (QED) is 0.576. The van der Waals surface area contributed by atoms with E-state index in [1.165, 1.54) is 17.4 Å². The summed E-state index contributed by atoms with van der Waals surface area (Å²) in [5.74, 6) is 0.539. The molecule has 7 heteroatoms. The van der Waals surface area contributed by atoms with E-state index >= 15 is 0 Å². The molecule has 1 aromatic carbocycles. The zero-order valence-electron chi connectivity index (χ0n) is 14.7. The lowest BCUT2D eigenvalue weighted by molar-refractivity contribution is -0.113. The number of methoxy groups -OCH3 is 1. The number of hydrogen-bond acceptors (Lipinski definition) is 5. The predicted molar refractivity (Wildman–Crippen MR) is 107 cm³/mol. The summed E-state index contributed by atoms with van der Waals surface area (Å²) < 4.78 is 13.8. The Morgan fingerprint density at radius 1 is 1.35 bits per heavy atom. The highest BCUT2D eigenvalue weighted by Gasteiger charge is 2.08. The maximum atomic E-state index is 12.3. The van der Waals surface area contributed by atoms with Crippen molar-refractivity contribution in [1.82, 2.24) is 4.57 Å². The predicted octanol–water partition coefficient (Wildman–Crippen LogP) is 3.95. The van der Waals surface area contributed by atoms with Crippen molar-refractivity contribution in [1.29, 1.82) is 0 Å². The second kappa shape index (κ2) is 8.93.